The molecule has 2 aromatic rings. The number of ketones is 1. The van der Waals surface area contributed by atoms with Crippen molar-refractivity contribution in [3.8, 4) is 5.75 Å². The first-order valence-electron chi connectivity index (χ1n) is 6.57. The summed E-state index contributed by atoms with van der Waals surface area (Å²) in [6.45, 7) is 0. The molecule has 0 spiro atoms. The van der Waals surface area contributed by atoms with Gasteiger partial charge >= 0.3 is 0 Å². The number of halogens is 2. The van der Waals surface area contributed by atoms with E-state index in [-0.39, 0.29) is 11.5 Å². The smallest absolute Gasteiger partial charge is 0.229 e. The Morgan fingerprint density at radius 1 is 0.955 bits per heavy atom. The van der Waals surface area contributed by atoms with Crippen molar-refractivity contribution in [3.63, 3.8) is 0 Å². The second-order valence-corrected chi connectivity index (χ2v) is 5.72. The standard InChI is InChI=1S/C17H15Cl2NO2/c1-20(2)11-16(22-15-9-7-14(19)8-10-15)17(21)12-3-5-13(18)6-4-12/h3-11H,1-2H3/b16-11+. The van der Waals surface area contributed by atoms with E-state index in [0.29, 0.717) is 21.4 Å². The number of hydrogen-bond donors (Lipinski definition) is 0. The van der Waals surface area contributed by atoms with Gasteiger partial charge in [0.15, 0.2) is 5.76 Å². The van der Waals surface area contributed by atoms with Crippen LogP contribution in [0.3, 0.4) is 0 Å². The van der Waals surface area contributed by atoms with Gasteiger partial charge in [0.05, 0.1) is 0 Å². The highest BCUT2D eigenvalue weighted by Gasteiger charge is 2.15. The summed E-state index contributed by atoms with van der Waals surface area (Å²) in [5.74, 6) is 0.537. The zero-order chi connectivity index (χ0) is 16.1. The van der Waals surface area contributed by atoms with Crippen molar-refractivity contribution in [2.45, 2.75) is 0 Å². The molecule has 114 valence electrons. The molecule has 5 heteroatoms. The second-order valence-electron chi connectivity index (χ2n) is 4.85. The molecule has 0 atom stereocenters. The predicted octanol–water partition coefficient (Wildman–Crippen LogP) is 4.66. The van der Waals surface area contributed by atoms with Crippen LogP contribution < -0.4 is 4.74 Å². The summed E-state index contributed by atoms with van der Waals surface area (Å²) in [6.07, 6.45) is 1.63. The van der Waals surface area contributed by atoms with Crippen LogP contribution in [0, 0.1) is 0 Å². The molecule has 0 aliphatic heterocycles. The number of carbonyl (C=O) groups excluding carboxylic acids is 1. The van der Waals surface area contributed by atoms with Gasteiger partial charge in [0.2, 0.25) is 5.78 Å². The number of allylic oxidation sites excluding steroid dienone is 1. The van der Waals surface area contributed by atoms with Crippen LogP contribution in [-0.2, 0) is 0 Å². The van der Waals surface area contributed by atoms with E-state index in [9.17, 15) is 4.79 Å². The Bertz CT molecular complexity index is 677. The van der Waals surface area contributed by atoms with Gasteiger partial charge in [-0.3, -0.25) is 4.79 Å². The fourth-order valence-electron chi connectivity index (χ4n) is 1.74. The Hall–Kier alpha value is -1.97. The van der Waals surface area contributed by atoms with Gasteiger partial charge in [-0.1, -0.05) is 23.2 Å². The number of carbonyl (C=O) groups is 1. The van der Waals surface area contributed by atoms with Crippen LogP contribution in [0.4, 0.5) is 0 Å². The summed E-state index contributed by atoms with van der Waals surface area (Å²) in [5.41, 5.74) is 0.506. The quantitative estimate of drug-likeness (QED) is 0.452. The van der Waals surface area contributed by atoms with Gasteiger partial charge < -0.3 is 9.64 Å². The first-order valence-corrected chi connectivity index (χ1v) is 7.33. The van der Waals surface area contributed by atoms with E-state index >= 15 is 0 Å². The van der Waals surface area contributed by atoms with E-state index in [4.69, 9.17) is 27.9 Å². The fraction of sp³-hybridized carbons (Fsp3) is 0.118. The van der Waals surface area contributed by atoms with E-state index in [1.54, 1.807) is 59.6 Å². The third-order valence-corrected chi connectivity index (χ3v) is 3.25. The normalized spacial score (nSPS) is 11.2. The van der Waals surface area contributed by atoms with Crippen LogP contribution in [0.1, 0.15) is 10.4 Å². The molecule has 0 N–H and O–H groups in total. The summed E-state index contributed by atoms with van der Waals surface area (Å²) < 4.78 is 5.71. The van der Waals surface area contributed by atoms with Crippen molar-refractivity contribution in [2.75, 3.05) is 14.1 Å². The minimum atomic E-state index is -0.222. The van der Waals surface area contributed by atoms with Gasteiger partial charge in [-0.2, -0.15) is 0 Å². The van der Waals surface area contributed by atoms with Gasteiger partial charge in [0.25, 0.3) is 0 Å². The highest BCUT2D eigenvalue weighted by molar-refractivity contribution is 6.31. The molecule has 0 heterocycles. The molecule has 22 heavy (non-hydrogen) atoms. The number of nitrogens with zero attached hydrogens (tertiary/aromatic N) is 1. The molecule has 0 radical (unpaired) electrons. The minimum absolute atomic E-state index is 0.217. The SMILES string of the molecule is CN(C)/C=C(/Oc1ccc(Cl)cc1)C(=O)c1ccc(Cl)cc1. The molecule has 2 rings (SSSR count). The minimum Gasteiger partial charge on any atom is -0.452 e. The topological polar surface area (TPSA) is 29.5 Å². The van der Waals surface area contributed by atoms with Crippen LogP contribution in [-0.4, -0.2) is 24.8 Å². The highest BCUT2D eigenvalue weighted by atomic mass is 35.5. The van der Waals surface area contributed by atoms with E-state index in [0.717, 1.165) is 0 Å². The first kappa shape index (κ1) is 16.4. The summed E-state index contributed by atoms with van der Waals surface area (Å²) in [5, 5.41) is 1.18. The summed E-state index contributed by atoms with van der Waals surface area (Å²) >= 11 is 11.7. The molecule has 0 aromatic heterocycles. The van der Waals surface area contributed by atoms with Gasteiger partial charge in [0, 0.05) is 35.9 Å². The van der Waals surface area contributed by atoms with Crippen LogP contribution in [0.15, 0.2) is 60.5 Å². The lowest BCUT2D eigenvalue weighted by atomic mass is 10.1. The summed E-state index contributed by atoms with van der Waals surface area (Å²) in [6, 6.07) is 13.5. The predicted molar refractivity (Wildman–Crippen MR) is 89.6 cm³/mol. The number of benzene rings is 2. The fourth-order valence-corrected chi connectivity index (χ4v) is 1.99. The molecule has 3 nitrogen and oxygen atoms in total. The van der Waals surface area contributed by atoms with Gasteiger partial charge in [-0.15, -0.1) is 0 Å². The zero-order valence-electron chi connectivity index (χ0n) is 12.2. The molecule has 2 aromatic carbocycles. The van der Waals surface area contributed by atoms with Crippen molar-refractivity contribution in [1.82, 2.24) is 4.90 Å². The Labute approximate surface area is 139 Å². The van der Waals surface area contributed by atoms with E-state index < -0.39 is 0 Å². The average Bonchev–Trinajstić information content (AvgIpc) is 2.48. The molecular formula is C17H15Cl2NO2. The monoisotopic (exact) mass is 335 g/mol. The molecule has 0 aliphatic rings. The maximum Gasteiger partial charge on any atom is 0.229 e. The molecule has 0 aliphatic carbocycles. The maximum absolute atomic E-state index is 12.6. The Kier molecular flexibility index (Phi) is 5.47. The van der Waals surface area contributed by atoms with Crippen molar-refractivity contribution in [2.24, 2.45) is 0 Å². The van der Waals surface area contributed by atoms with Gasteiger partial charge in [-0.25, -0.2) is 0 Å². The van der Waals surface area contributed by atoms with Crippen molar-refractivity contribution >= 4 is 29.0 Å². The average molecular weight is 336 g/mol. The molecular weight excluding hydrogens is 321 g/mol. The zero-order valence-corrected chi connectivity index (χ0v) is 13.7. The third-order valence-electron chi connectivity index (χ3n) is 2.75. The van der Waals surface area contributed by atoms with Crippen molar-refractivity contribution < 1.29 is 9.53 Å². The van der Waals surface area contributed by atoms with Crippen LogP contribution in [0.5, 0.6) is 5.75 Å². The first-order chi connectivity index (χ1) is 10.5. The number of ether oxygens (including phenoxy) is 1. The number of rotatable bonds is 5. The lowest BCUT2D eigenvalue weighted by molar-refractivity contribution is 0.0982. The Morgan fingerprint density at radius 3 is 1.95 bits per heavy atom. The molecule has 0 unspecified atom stereocenters. The van der Waals surface area contributed by atoms with Gasteiger partial charge in [0.1, 0.15) is 5.75 Å². The largest absolute Gasteiger partial charge is 0.452 e. The maximum atomic E-state index is 12.6. The Morgan fingerprint density at radius 2 is 1.45 bits per heavy atom. The van der Waals surface area contributed by atoms with Crippen molar-refractivity contribution in [1.29, 1.82) is 0 Å². The summed E-state index contributed by atoms with van der Waals surface area (Å²) in [7, 11) is 3.64. The number of hydrogen-bond acceptors (Lipinski definition) is 3. The van der Waals surface area contributed by atoms with Crippen molar-refractivity contribution in [3.05, 3.63) is 76.1 Å². The second kappa shape index (κ2) is 7.34. The van der Waals surface area contributed by atoms with Crippen LogP contribution >= 0.6 is 23.2 Å². The lowest BCUT2D eigenvalue weighted by Gasteiger charge is -2.13. The Balaban J connectivity index is 2.28. The van der Waals surface area contributed by atoms with Crippen LogP contribution in [0.25, 0.3) is 0 Å². The number of Topliss-reactive ketones (excluding diaryl/α,β-unsaturated/α-hetero) is 1. The molecule has 0 saturated carbocycles. The summed E-state index contributed by atoms with van der Waals surface area (Å²) in [4.78, 5) is 14.3. The third kappa shape index (κ3) is 4.52. The van der Waals surface area contributed by atoms with E-state index in [1.807, 2.05) is 14.1 Å². The van der Waals surface area contributed by atoms with E-state index in [2.05, 4.69) is 0 Å². The van der Waals surface area contributed by atoms with E-state index in [1.165, 1.54) is 0 Å². The van der Waals surface area contributed by atoms with Gasteiger partial charge in [-0.05, 0) is 48.5 Å². The highest BCUT2D eigenvalue weighted by Crippen LogP contribution is 2.20. The van der Waals surface area contributed by atoms with Crippen LogP contribution in [0.2, 0.25) is 10.0 Å². The molecule has 0 bridgehead atoms. The molecule has 0 saturated heterocycles. The molecule has 0 amide bonds. The molecule has 0 fully saturated rings. The lowest BCUT2D eigenvalue weighted by Crippen LogP contribution is -2.14.